The Morgan fingerprint density at radius 2 is 2.16 bits per heavy atom. The first-order valence-electron chi connectivity index (χ1n) is 5.58. The highest BCUT2D eigenvalue weighted by atomic mass is 79.9. The SMILES string of the molecule is CC(Nc1cc(C(N)=O)ccc1F)c1ccc(Br)s1. The van der Waals surface area contributed by atoms with Crippen LogP contribution in [0, 0.1) is 5.82 Å². The molecule has 3 N–H and O–H groups in total. The molecule has 0 saturated heterocycles. The lowest BCUT2D eigenvalue weighted by Crippen LogP contribution is -2.13. The lowest BCUT2D eigenvalue weighted by Gasteiger charge is -2.15. The molecule has 1 aromatic heterocycles. The van der Waals surface area contributed by atoms with Gasteiger partial charge in [0.2, 0.25) is 5.91 Å². The number of primary amides is 1. The number of carbonyl (C=O) groups is 1. The van der Waals surface area contributed by atoms with Crippen LogP contribution in [-0.2, 0) is 0 Å². The van der Waals surface area contributed by atoms with Crippen LogP contribution in [0.5, 0.6) is 0 Å². The lowest BCUT2D eigenvalue weighted by molar-refractivity contribution is 0.100. The van der Waals surface area contributed by atoms with Crippen LogP contribution in [0.2, 0.25) is 0 Å². The summed E-state index contributed by atoms with van der Waals surface area (Å²) in [6.45, 7) is 1.93. The molecule has 0 bridgehead atoms. The Bertz CT molecular complexity index is 614. The first-order chi connectivity index (χ1) is 8.97. The molecule has 1 aromatic carbocycles. The highest BCUT2D eigenvalue weighted by Crippen LogP contribution is 2.30. The molecule has 0 radical (unpaired) electrons. The molecule has 1 amide bonds. The standard InChI is InChI=1S/C13H12BrFN2OS/c1-7(11-4-5-12(14)19-11)17-10-6-8(13(16)18)2-3-9(10)15/h2-7,17H,1H3,(H2,16,18). The predicted octanol–water partition coefficient (Wildman–Crippen LogP) is 3.92. The average molecular weight is 343 g/mol. The number of halogens is 2. The van der Waals surface area contributed by atoms with Gasteiger partial charge in [0, 0.05) is 10.4 Å². The normalized spacial score (nSPS) is 12.2. The van der Waals surface area contributed by atoms with Crippen molar-refractivity contribution >= 4 is 38.9 Å². The molecule has 2 aromatic rings. The second-order valence-corrected chi connectivity index (χ2v) is 6.56. The van der Waals surface area contributed by atoms with E-state index in [1.807, 2.05) is 19.1 Å². The predicted molar refractivity (Wildman–Crippen MR) is 79.0 cm³/mol. The average Bonchev–Trinajstić information content (AvgIpc) is 2.78. The third-order valence-corrected chi connectivity index (χ3v) is 4.45. The summed E-state index contributed by atoms with van der Waals surface area (Å²) in [6.07, 6.45) is 0. The van der Waals surface area contributed by atoms with Gasteiger partial charge in [-0.15, -0.1) is 11.3 Å². The number of carbonyl (C=O) groups excluding carboxylic acids is 1. The van der Waals surface area contributed by atoms with Crippen LogP contribution in [0.3, 0.4) is 0 Å². The zero-order valence-corrected chi connectivity index (χ0v) is 12.5. The Balaban J connectivity index is 2.22. The van der Waals surface area contributed by atoms with Gasteiger partial charge in [-0.2, -0.15) is 0 Å². The van der Waals surface area contributed by atoms with Crippen LogP contribution in [-0.4, -0.2) is 5.91 Å². The molecule has 0 saturated carbocycles. The van der Waals surface area contributed by atoms with E-state index in [-0.39, 0.29) is 17.3 Å². The van der Waals surface area contributed by atoms with Gasteiger partial charge < -0.3 is 11.1 Å². The van der Waals surface area contributed by atoms with Gasteiger partial charge >= 0.3 is 0 Å². The number of hydrogen-bond donors (Lipinski definition) is 2. The fourth-order valence-corrected chi connectivity index (χ4v) is 3.08. The smallest absolute Gasteiger partial charge is 0.248 e. The Labute approximate surface area is 122 Å². The largest absolute Gasteiger partial charge is 0.375 e. The van der Waals surface area contributed by atoms with Crippen molar-refractivity contribution in [3.05, 3.63) is 50.4 Å². The van der Waals surface area contributed by atoms with Crippen LogP contribution in [0.4, 0.5) is 10.1 Å². The van der Waals surface area contributed by atoms with Gasteiger partial charge in [-0.25, -0.2) is 4.39 Å². The second-order valence-electron chi connectivity index (χ2n) is 4.07. The molecule has 2 rings (SSSR count). The third-order valence-electron chi connectivity index (χ3n) is 2.64. The molecule has 0 aliphatic rings. The molecule has 0 aliphatic heterocycles. The van der Waals surface area contributed by atoms with E-state index in [9.17, 15) is 9.18 Å². The molecule has 6 heteroatoms. The van der Waals surface area contributed by atoms with Crippen LogP contribution in [0.25, 0.3) is 0 Å². The minimum atomic E-state index is -0.574. The van der Waals surface area contributed by atoms with Gasteiger partial charge in [-0.3, -0.25) is 4.79 Å². The van der Waals surface area contributed by atoms with E-state index < -0.39 is 11.7 Å². The fourth-order valence-electron chi connectivity index (χ4n) is 1.65. The van der Waals surface area contributed by atoms with E-state index >= 15 is 0 Å². The zero-order valence-electron chi connectivity index (χ0n) is 10.1. The van der Waals surface area contributed by atoms with Crippen LogP contribution >= 0.6 is 27.3 Å². The van der Waals surface area contributed by atoms with Crippen molar-refractivity contribution in [2.24, 2.45) is 5.73 Å². The number of nitrogens with two attached hydrogens (primary N) is 1. The Morgan fingerprint density at radius 3 is 2.74 bits per heavy atom. The van der Waals surface area contributed by atoms with Gasteiger partial charge in [-0.05, 0) is 53.2 Å². The van der Waals surface area contributed by atoms with E-state index in [1.54, 1.807) is 11.3 Å². The van der Waals surface area contributed by atoms with Crippen molar-refractivity contribution in [3.63, 3.8) is 0 Å². The van der Waals surface area contributed by atoms with Gasteiger partial charge in [0.05, 0.1) is 15.5 Å². The summed E-state index contributed by atoms with van der Waals surface area (Å²) in [5.74, 6) is -0.984. The number of thiophene rings is 1. The van der Waals surface area contributed by atoms with Crippen molar-refractivity contribution in [2.75, 3.05) is 5.32 Å². The van der Waals surface area contributed by atoms with E-state index in [0.717, 1.165) is 8.66 Å². The van der Waals surface area contributed by atoms with Crippen molar-refractivity contribution in [1.82, 2.24) is 0 Å². The van der Waals surface area contributed by atoms with E-state index in [0.29, 0.717) is 0 Å². The summed E-state index contributed by atoms with van der Waals surface area (Å²) >= 11 is 4.96. The molecule has 19 heavy (non-hydrogen) atoms. The van der Waals surface area contributed by atoms with E-state index in [4.69, 9.17) is 5.73 Å². The third kappa shape index (κ3) is 3.33. The summed E-state index contributed by atoms with van der Waals surface area (Å²) in [5.41, 5.74) is 5.74. The molecule has 0 aliphatic carbocycles. The molecule has 1 atom stereocenters. The van der Waals surface area contributed by atoms with Gasteiger partial charge in [0.25, 0.3) is 0 Å². The maximum atomic E-state index is 13.7. The maximum Gasteiger partial charge on any atom is 0.248 e. The highest BCUT2D eigenvalue weighted by Gasteiger charge is 2.12. The summed E-state index contributed by atoms with van der Waals surface area (Å²) in [7, 11) is 0. The summed E-state index contributed by atoms with van der Waals surface area (Å²) in [6, 6.07) is 7.87. The maximum absolute atomic E-state index is 13.7. The topological polar surface area (TPSA) is 55.1 Å². The van der Waals surface area contributed by atoms with Crippen molar-refractivity contribution < 1.29 is 9.18 Å². The Hall–Kier alpha value is -1.40. The van der Waals surface area contributed by atoms with Gasteiger partial charge in [0.15, 0.2) is 0 Å². The van der Waals surface area contributed by atoms with E-state index in [1.165, 1.54) is 18.2 Å². The summed E-state index contributed by atoms with van der Waals surface area (Å²) < 4.78 is 14.7. The molecular formula is C13H12BrFN2OS. The molecule has 0 fully saturated rings. The van der Waals surface area contributed by atoms with Gasteiger partial charge in [-0.1, -0.05) is 0 Å². The number of anilines is 1. The number of hydrogen-bond acceptors (Lipinski definition) is 3. The van der Waals surface area contributed by atoms with Crippen LogP contribution < -0.4 is 11.1 Å². The number of amides is 1. The summed E-state index contributed by atoms with van der Waals surface area (Å²) in [5, 5.41) is 3.04. The Kier molecular flexibility index (Phi) is 4.21. The molecule has 1 heterocycles. The van der Waals surface area contributed by atoms with Gasteiger partial charge in [0.1, 0.15) is 5.82 Å². The summed E-state index contributed by atoms with van der Waals surface area (Å²) in [4.78, 5) is 12.2. The number of benzene rings is 1. The monoisotopic (exact) mass is 342 g/mol. The molecular weight excluding hydrogens is 331 g/mol. The van der Waals surface area contributed by atoms with Crippen molar-refractivity contribution in [3.8, 4) is 0 Å². The molecule has 3 nitrogen and oxygen atoms in total. The quantitative estimate of drug-likeness (QED) is 0.884. The fraction of sp³-hybridized carbons (Fsp3) is 0.154. The minimum Gasteiger partial charge on any atom is -0.375 e. The second kappa shape index (κ2) is 5.71. The van der Waals surface area contributed by atoms with Crippen molar-refractivity contribution in [1.29, 1.82) is 0 Å². The highest BCUT2D eigenvalue weighted by molar-refractivity contribution is 9.11. The Morgan fingerprint density at radius 1 is 1.42 bits per heavy atom. The molecule has 1 unspecified atom stereocenters. The minimum absolute atomic E-state index is 0.0612. The first-order valence-corrected chi connectivity index (χ1v) is 7.19. The molecule has 0 spiro atoms. The molecule has 100 valence electrons. The number of rotatable bonds is 4. The zero-order chi connectivity index (χ0) is 14.0. The van der Waals surface area contributed by atoms with Crippen LogP contribution in [0.1, 0.15) is 28.2 Å². The first kappa shape index (κ1) is 14.0. The number of nitrogens with one attached hydrogen (secondary N) is 1. The lowest BCUT2D eigenvalue weighted by atomic mass is 10.1. The van der Waals surface area contributed by atoms with E-state index in [2.05, 4.69) is 21.2 Å². The van der Waals surface area contributed by atoms with Crippen molar-refractivity contribution in [2.45, 2.75) is 13.0 Å². The van der Waals surface area contributed by atoms with Crippen LogP contribution in [0.15, 0.2) is 34.1 Å².